The first-order valence-corrected chi connectivity index (χ1v) is 7.47. The summed E-state index contributed by atoms with van der Waals surface area (Å²) in [5.74, 6) is -1.51. The molecule has 1 aromatic heterocycles. The number of hydrogen-bond acceptors (Lipinski definition) is 2. The van der Waals surface area contributed by atoms with Crippen molar-refractivity contribution in [2.75, 3.05) is 0 Å². The van der Waals surface area contributed by atoms with Crippen molar-refractivity contribution in [2.45, 2.75) is 6.92 Å². The molecule has 0 aliphatic heterocycles. The van der Waals surface area contributed by atoms with Crippen LogP contribution in [0.2, 0.25) is 10.0 Å². The molecule has 3 aromatic rings. The minimum Gasteiger partial charge on any atom is -0.206 e. The van der Waals surface area contributed by atoms with Crippen molar-refractivity contribution in [3.63, 3.8) is 0 Å². The van der Waals surface area contributed by atoms with Gasteiger partial charge in [-0.15, -0.1) is 5.10 Å². The van der Waals surface area contributed by atoms with Gasteiger partial charge in [-0.05, 0) is 36.8 Å². The molecule has 116 valence electrons. The van der Waals surface area contributed by atoms with E-state index >= 15 is 0 Å². The number of nitrogens with zero attached hydrogens (tertiary/aromatic N) is 2. The third-order valence-electron chi connectivity index (χ3n) is 3.45. The Hall–Kier alpha value is -2.04. The maximum Gasteiger partial charge on any atom is 0.241 e. The topological polar surface area (TPSA) is 25.8 Å². The molecular formula is C17H10Cl2F2N2. The Morgan fingerprint density at radius 1 is 0.826 bits per heavy atom. The Morgan fingerprint density at radius 2 is 1.52 bits per heavy atom. The van der Waals surface area contributed by atoms with Crippen molar-refractivity contribution in [1.82, 2.24) is 10.2 Å². The molecule has 0 aliphatic rings. The molecule has 6 heteroatoms. The van der Waals surface area contributed by atoms with Crippen molar-refractivity contribution in [1.29, 1.82) is 0 Å². The fourth-order valence-electron chi connectivity index (χ4n) is 2.44. The Kier molecular flexibility index (Phi) is 4.28. The van der Waals surface area contributed by atoms with E-state index in [1.165, 1.54) is 18.2 Å². The molecule has 0 N–H and O–H groups in total. The highest BCUT2D eigenvalue weighted by atomic mass is 35.5. The number of halogens is 4. The van der Waals surface area contributed by atoms with Crippen LogP contribution in [-0.2, 0) is 0 Å². The van der Waals surface area contributed by atoms with Gasteiger partial charge in [0.05, 0.1) is 16.3 Å². The summed E-state index contributed by atoms with van der Waals surface area (Å²) in [5.41, 5.74) is 1.50. The van der Waals surface area contributed by atoms with Crippen LogP contribution in [0.3, 0.4) is 0 Å². The smallest absolute Gasteiger partial charge is 0.206 e. The van der Waals surface area contributed by atoms with Gasteiger partial charge in [-0.2, -0.15) is 9.49 Å². The van der Waals surface area contributed by atoms with Crippen LogP contribution in [0.1, 0.15) is 5.69 Å². The Balaban J connectivity index is 2.37. The molecule has 0 fully saturated rings. The lowest BCUT2D eigenvalue weighted by Crippen LogP contribution is -2.02. The molecule has 0 unspecified atom stereocenters. The van der Waals surface area contributed by atoms with Crippen LogP contribution in [0, 0.1) is 18.7 Å². The van der Waals surface area contributed by atoms with Crippen molar-refractivity contribution in [3.05, 3.63) is 70.0 Å². The van der Waals surface area contributed by atoms with Crippen molar-refractivity contribution in [2.24, 2.45) is 0 Å². The van der Waals surface area contributed by atoms with Gasteiger partial charge in [0, 0.05) is 16.1 Å². The van der Waals surface area contributed by atoms with Crippen molar-refractivity contribution < 1.29 is 8.78 Å². The number of hydrogen-bond donors (Lipinski definition) is 0. The molecule has 0 atom stereocenters. The highest BCUT2D eigenvalue weighted by Gasteiger charge is 2.22. The summed E-state index contributed by atoms with van der Waals surface area (Å²) in [6.45, 7) is 1.68. The minimum absolute atomic E-state index is 0.0112. The SMILES string of the molecule is Cc1nnc(F)c(-c2c(F)cccc2Cl)c1-c1ccc(Cl)cc1. The van der Waals surface area contributed by atoms with Crippen LogP contribution < -0.4 is 0 Å². The van der Waals surface area contributed by atoms with Crippen LogP contribution in [0.4, 0.5) is 8.78 Å². The maximum absolute atomic E-state index is 14.4. The average Bonchev–Trinajstić information content (AvgIpc) is 2.52. The van der Waals surface area contributed by atoms with Crippen molar-refractivity contribution in [3.8, 4) is 22.3 Å². The molecule has 0 spiro atoms. The zero-order chi connectivity index (χ0) is 16.6. The standard InChI is InChI=1S/C17H10Cl2F2N2/c1-9-14(10-5-7-11(18)8-6-10)16(17(21)23-22-9)15-12(19)3-2-4-13(15)20/h2-8H,1H3. The van der Waals surface area contributed by atoms with Crippen LogP contribution in [-0.4, -0.2) is 10.2 Å². The van der Waals surface area contributed by atoms with Crippen LogP contribution in [0.25, 0.3) is 22.3 Å². The van der Waals surface area contributed by atoms with Crippen LogP contribution >= 0.6 is 23.2 Å². The maximum atomic E-state index is 14.4. The first-order valence-electron chi connectivity index (χ1n) is 6.72. The van der Waals surface area contributed by atoms with Gasteiger partial charge in [0.25, 0.3) is 0 Å². The molecule has 0 saturated heterocycles. The number of benzene rings is 2. The van der Waals surface area contributed by atoms with E-state index in [1.807, 2.05) is 0 Å². The lowest BCUT2D eigenvalue weighted by Gasteiger charge is -2.14. The second-order valence-electron chi connectivity index (χ2n) is 4.93. The molecule has 2 aromatic carbocycles. The third-order valence-corrected chi connectivity index (χ3v) is 4.02. The van der Waals surface area contributed by atoms with Gasteiger partial charge in [-0.3, -0.25) is 0 Å². The van der Waals surface area contributed by atoms with E-state index in [-0.39, 0.29) is 16.1 Å². The van der Waals surface area contributed by atoms with E-state index in [0.29, 0.717) is 21.8 Å². The summed E-state index contributed by atoms with van der Waals surface area (Å²) >= 11 is 12.0. The molecule has 0 radical (unpaired) electrons. The molecule has 3 rings (SSSR count). The summed E-state index contributed by atoms with van der Waals surface area (Å²) in [5, 5.41) is 7.92. The zero-order valence-corrected chi connectivity index (χ0v) is 13.5. The molecule has 0 amide bonds. The lowest BCUT2D eigenvalue weighted by atomic mass is 9.94. The minimum atomic E-state index is -0.882. The molecule has 0 saturated carbocycles. The first kappa shape index (κ1) is 15.8. The molecule has 1 heterocycles. The normalized spacial score (nSPS) is 10.8. The van der Waals surface area contributed by atoms with Gasteiger partial charge >= 0.3 is 0 Å². The summed E-state index contributed by atoms with van der Waals surface area (Å²) in [6, 6.07) is 10.9. The van der Waals surface area contributed by atoms with E-state index in [0.717, 1.165) is 0 Å². The lowest BCUT2D eigenvalue weighted by molar-refractivity contribution is 0.562. The Labute approximate surface area is 141 Å². The zero-order valence-electron chi connectivity index (χ0n) is 11.9. The van der Waals surface area contributed by atoms with Gasteiger partial charge < -0.3 is 0 Å². The van der Waals surface area contributed by atoms with Crippen LogP contribution in [0.5, 0.6) is 0 Å². The number of rotatable bonds is 2. The highest BCUT2D eigenvalue weighted by Crippen LogP contribution is 2.39. The summed E-state index contributed by atoms with van der Waals surface area (Å²) in [4.78, 5) is 0. The van der Waals surface area contributed by atoms with Crippen LogP contribution in [0.15, 0.2) is 42.5 Å². The van der Waals surface area contributed by atoms with E-state index in [2.05, 4.69) is 10.2 Å². The molecule has 23 heavy (non-hydrogen) atoms. The molecule has 0 aliphatic carbocycles. The van der Waals surface area contributed by atoms with Crippen molar-refractivity contribution >= 4 is 23.2 Å². The molecular weight excluding hydrogens is 341 g/mol. The van der Waals surface area contributed by atoms with Gasteiger partial charge in [0.1, 0.15) is 5.82 Å². The Morgan fingerprint density at radius 3 is 2.17 bits per heavy atom. The van der Waals surface area contributed by atoms with Gasteiger partial charge in [0.15, 0.2) is 0 Å². The second kappa shape index (κ2) is 6.22. The number of aromatic nitrogens is 2. The van der Waals surface area contributed by atoms with E-state index < -0.39 is 11.8 Å². The monoisotopic (exact) mass is 350 g/mol. The third kappa shape index (κ3) is 2.92. The molecule has 2 nitrogen and oxygen atoms in total. The van der Waals surface area contributed by atoms with Gasteiger partial charge in [-0.1, -0.05) is 41.4 Å². The fourth-order valence-corrected chi connectivity index (χ4v) is 2.82. The first-order chi connectivity index (χ1) is 11.0. The molecule has 0 bridgehead atoms. The summed E-state index contributed by atoms with van der Waals surface area (Å²) in [6.07, 6.45) is 0. The summed E-state index contributed by atoms with van der Waals surface area (Å²) < 4.78 is 28.7. The highest BCUT2D eigenvalue weighted by molar-refractivity contribution is 6.33. The van der Waals surface area contributed by atoms with E-state index in [9.17, 15) is 8.78 Å². The van der Waals surface area contributed by atoms with E-state index in [4.69, 9.17) is 23.2 Å². The van der Waals surface area contributed by atoms with E-state index in [1.54, 1.807) is 31.2 Å². The summed E-state index contributed by atoms with van der Waals surface area (Å²) in [7, 11) is 0. The second-order valence-corrected chi connectivity index (χ2v) is 5.77. The average molecular weight is 351 g/mol. The fraction of sp³-hybridized carbons (Fsp3) is 0.0588. The predicted octanol–water partition coefficient (Wildman–Crippen LogP) is 5.70. The van der Waals surface area contributed by atoms with Gasteiger partial charge in [0.2, 0.25) is 5.95 Å². The number of aryl methyl sites for hydroxylation is 1. The quantitative estimate of drug-likeness (QED) is 0.592. The predicted molar refractivity (Wildman–Crippen MR) is 87.6 cm³/mol. The Bertz CT molecular complexity index is 860. The largest absolute Gasteiger partial charge is 0.241 e. The van der Waals surface area contributed by atoms with Gasteiger partial charge in [-0.25, -0.2) is 4.39 Å².